The van der Waals surface area contributed by atoms with Gasteiger partial charge in [0, 0.05) is 5.69 Å². The number of benzene rings is 2. The van der Waals surface area contributed by atoms with Gasteiger partial charge in [0.25, 0.3) is 0 Å². The molecule has 0 fully saturated rings. The molecule has 2 aromatic carbocycles. The zero-order valence-electron chi connectivity index (χ0n) is 16.3. The third-order valence-corrected chi connectivity index (χ3v) is 5.39. The van der Waals surface area contributed by atoms with Crippen LogP contribution in [0.15, 0.2) is 42.5 Å². The number of hydrogen-bond donors (Lipinski definition) is 1. The average Bonchev–Trinajstić information content (AvgIpc) is 2.62. The van der Waals surface area contributed by atoms with Crippen molar-refractivity contribution in [2.24, 2.45) is 0 Å². The lowest BCUT2D eigenvalue weighted by Gasteiger charge is -2.29. The van der Waals surface area contributed by atoms with Crippen LogP contribution in [0.4, 0.5) is 11.4 Å². The first-order chi connectivity index (χ1) is 13.2. The summed E-state index contributed by atoms with van der Waals surface area (Å²) in [7, 11) is -2.31. The lowest BCUT2D eigenvalue weighted by Crippen LogP contribution is -2.45. The molecule has 0 aliphatic carbocycles. The summed E-state index contributed by atoms with van der Waals surface area (Å²) in [5.74, 6) is -0.126. The second-order valence-electron chi connectivity index (χ2n) is 6.43. The molecule has 2 aromatic rings. The van der Waals surface area contributed by atoms with Gasteiger partial charge in [0.15, 0.2) is 0 Å². The predicted octanol–water partition coefficient (Wildman–Crippen LogP) is 2.86. The van der Waals surface area contributed by atoms with E-state index in [1.807, 2.05) is 6.92 Å². The number of methoxy groups -OCH3 is 1. The van der Waals surface area contributed by atoms with Crippen molar-refractivity contribution in [1.82, 2.24) is 0 Å². The molecule has 2 rings (SSSR count). The normalized spacial score (nSPS) is 12.0. The molecule has 1 amide bonds. The highest BCUT2D eigenvalue weighted by molar-refractivity contribution is 7.92. The van der Waals surface area contributed by atoms with Crippen LogP contribution in [0.5, 0.6) is 5.75 Å². The van der Waals surface area contributed by atoms with Gasteiger partial charge in [-0.05, 0) is 49.2 Å². The number of ether oxygens (including phenoxy) is 1. The number of carbonyl (C=O) groups is 1. The number of nitriles is 1. The van der Waals surface area contributed by atoms with Crippen molar-refractivity contribution in [3.8, 4) is 11.8 Å². The molecule has 1 atom stereocenters. The summed E-state index contributed by atoms with van der Waals surface area (Å²) in [6.45, 7) is 3.35. The molecular formula is C20H23N3O4S. The van der Waals surface area contributed by atoms with Gasteiger partial charge in [-0.1, -0.05) is 18.2 Å². The molecule has 0 spiro atoms. The molecule has 0 heterocycles. The van der Waals surface area contributed by atoms with Crippen molar-refractivity contribution in [3.63, 3.8) is 0 Å². The number of amides is 1. The fourth-order valence-corrected chi connectivity index (χ4v) is 3.97. The minimum Gasteiger partial charge on any atom is -0.495 e. The van der Waals surface area contributed by atoms with E-state index in [0.717, 1.165) is 21.7 Å². The summed E-state index contributed by atoms with van der Waals surface area (Å²) in [5.41, 5.74) is 2.49. The van der Waals surface area contributed by atoms with Crippen LogP contribution in [0.1, 0.15) is 18.1 Å². The molecule has 0 radical (unpaired) electrons. The fraction of sp³-hybridized carbons (Fsp3) is 0.300. The van der Waals surface area contributed by atoms with E-state index in [1.54, 1.807) is 42.5 Å². The Kier molecular flexibility index (Phi) is 6.65. The van der Waals surface area contributed by atoms with E-state index in [4.69, 9.17) is 10.00 Å². The molecule has 0 aliphatic rings. The molecule has 0 saturated heterocycles. The molecule has 0 aromatic heterocycles. The maximum Gasteiger partial charge on any atom is 0.247 e. The average molecular weight is 401 g/mol. The molecule has 0 bridgehead atoms. The summed E-state index contributed by atoms with van der Waals surface area (Å²) >= 11 is 0. The lowest BCUT2D eigenvalue weighted by atomic mass is 10.1. The van der Waals surface area contributed by atoms with Crippen molar-refractivity contribution in [3.05, 3.63) is 53.6 Å². The first-order valence-corrected chi connectivity index (χ1v) is 10.4. The molecule has 8 heteroatoms. The molecule has 0 saturated carbocycles. The van der Waals surface area contributed by atoms with Gasteiger partial charge in [-0.3, -0.25) is 9.10 Å². The summed E-state index contributed by atoms with van der Waals surface area (Å²) in [6.07, 6.45) is 1.33. The Morgan fingerprint density at radius 1 is 1.25 bits per heavy atom. The third kappa shape index (κ3) is 5.02. The topological polar surface area (TPSA) is 99.5 Å². The number of nitrogens with zero attached hydrogens (tertiary/aromatic N) is 2. The summed E-state index contributed by atoms with van der Waals surface area (Å²) < 4.78 is 31.3. The maximum atomic E-state index is 12.8. The maximum absolute atomic E-state index is 12.8. The van der Waals surface area contributed by atoms with E-state index in [-0.39, 0.29) is 6.42 Å². The lowest BCUT2D eigenvalue weighted by molar-refractivity contribution is -0.116. The number of anilines is 2. The molecular weight excluding hydrogens is 378 g/mol. The van der Waals surface area contributed by atoms with Gasteiger partial charge in [0.2, 0.25) is 15.9 Å². The first kappa shape index (κ1) is 21.3. The Hall–Kier alpha value is -3.05. The number of hydrogen-bond acceptors (Lipinski definition) is 5. The fourth-order valence-electron chi connectivity index (χ4n) is 2.80. The smallest absolute Gasteiger partial charge is 0.247 e. The van der Waals surface area contributed by atoms with Crippen LogP contribution in [0.25, 0.3) is 0 Å². The highest BCUT2D eigenvalue weighted by Gasteiger charge is 2.31. The largest absolute Gasteiger partial charge is 0.495 e. The van der Waals surface area contributed by atoms with Crippen LogP contribution in [0, 0.1) is 18.3 Å². The van der Waals surface area contributed by atoms with Gasteiger partial charge in [0.1, 0.15) is 11.8 Å². The van der Waals surface area contributed by atoms with Gasteiger partial charge < -0.3 is 10.1 Å². The van der Waals surface area contributed by atoms with Crippen molar-refractivity contribution >= 4 is 27.3 Å². The Bertz CT molecular complexity index is 995. The molecule has 148 valence electrons. The minimum absolute atomic E-state index is 0.277. The predicted molar refractivity (Wildman–Crippen MR) is 109 cm³/mol. The zero-order chi connectivity index (χ0) is 20.9. The van der Waals surface area contributed by atoms with E-state index >= 15 is 0 Å². The summed E-state index contributed by atoms with van der Waals surface area (Å²) in [5, 5.41) is 11.4. The van der Waals surface area contributed by atoms with Gasteiger partial charge in [0.05, 0.1) is 31.5 Å². The number of rotatable bonds is 7. The van der Waals surface area contributed by atoms with E-state index in [1.165, 1.54) is 14.0 Å². The monoisotopic (exact) mass is 401 g/mol. The molecule has 0 unspecified atom stereocenters. The number of sulfonamides is 1. The van der Waals surface area contributed by atoms with E-state index in [0.29, 0.717) is 17.1 Å². The van der Waals surface area contributed by atoms with Crippen LogP contribution >= 0.6 is 0 Å². The van der Waals surface area contributed by atoms with Crippen LogP contribution in [-0.4, -0.2) is 33.7 Å². The Morgan fingerprint density at radius 2 is 1.89 bits per heavy atom. The van der Waals surface area contributed by atoms with E-state index in [9.17, 15) is 13.2 Å². The Balaban J connectivity index is 2.33. The van der Waals surface area contributed by atoms with Gasteiger partial charge in [-0.15, -0.1) is 0 Å². The first-order valence-electron chi connectivity index (χ1n) is 8.58. The Morgan fingerprint density at radius 3 is 2.43 bits per heavy atom. The van der Waals surface area contributed by atoms with Crippen LogP contribution in [-0.2, 0) is 21.2 Å². The highest BCUT2D eigenvalue weighted by Crippen LogP contribution is 2.32. The van der Waals surface area contributed by atoms with E-state index in [2.05, 4.69) is 11.4 Å². The van der Waals surface area contributed by atoms with Crippen LogP contribution < -0.4 is 14.4 Å². The van der Waals surface area contributed by atoms with Crippen LogP contribution in [0.2, 0.25) is 0 Å². The van der Waals surface area contributed by atoms with Gasteiger partial charge in [-0.25, -0.2) is 8.42 Å². The number of aryl methyl sites for hydroxylation is 1. The molecule has 28 heavy (non-hydrogen) atoms. The molecule has 0 aliphatic heterocycles. The van der Waals surface area contributed by atoms with Gasteiger partial charge in [-0.2, -0.15) is 5.26 Å². The van der Waals surface area contributed by atoms with Crippen molar-refractivity contribution < 1.29 is 17.9 Å². The van der Waals surface area contributed by atoms with Gasteiger partial charge >= 0.3 is 0 Å². The number of carbonyl (C=O) groups excluding carboxylic acids is 1. The quantitative estimate of drug-likeness (QED) is 0.769. The van der Waals surface area contributed by atoms with Crippen molar-refractivity contribution in [1.29, 1.82) is 5.26 Å². The van der Waals surface area contributed by atoms with Crippen LogP contribution in [0.3, 0.4) is 0 Å². The molecule has 1 N–H and O–H groups in total. The standard InChI is InChI=1S/C20H23N3O4S/c1-14-5-10-19(27-3)18(13-14)23(28(4,25)26)15(2)20(24)22-17-8-6-16(7-9-17)11-12-21/h5-10,13,15H,11H2,1-4H3,(H,22,24)/t15-/m1/s1. The zero-order valence-corrected chi connectivity index (χ0v) is 17.1. The Labute approximate surface area is 165 Å². The SMILES string of the molecule is COc1ccc(C)cc1N([C@H](C)C(=O)Nc1ccc(CC#N)cc1)S(C)(=O)=O. The van der Waals surface area contributed by atoms with Crippen molar-refractivity contribution in [2.45, 2.75) is 26.3 Å². The molecule has 7 nitrogen and oxygen atoms in total. The minimum atomic E-state index is -3.76. The highest BCUT2D eigenvalue weighted by atomic mass is 32.2. The second-order valence-corrected chi connectivity index (χ2v) is 8.29. The third-order valence-electron chi connectivity index (χ3n) is 4.16. The van der Waals surface area contributed by atoms with Crippen molar-refractivity contribution in [2.75, 3.05) is 23.0 Å². The number of nitrogens with one attached hydrogen (secondary N) is 1. The summed E-state index contributed by atoms with van der Waals surface area (Å²) in [4.78, 5) is 12.8. The summed E-state index contributed by atoms with van der Waals surface area (Å²) in [6, 6.07) is 13.0. The second kappa shape index (κ2) is 8.76. The van der Waals surface area contributed by atoms with E-state index < -0.39 is 22.0 Å².